The zero-order valence-electron chi connectivity index (χ0n) is 15.2. The fourth-order valence-electron chi connectivity index (χ4n) is 2.02. The largest absolute Gasteiger partial charge is 0.493 e. The van der Waals surface area contributed by atoms with Gasteiger partial charge in [-0.15, -0.1) is 0 Å². The number of carbonyl (C=O) groups excluding carboxylic acids is 2. The first-order valence-corrected chi connectivity index (χ1v) is 8.57. The van der Waals surface area contributed by atoms with E-state index in [0.29, 0.717) is 31.3 Å². The van der Waals surface area contributed by atoms with Gasteiger partial charge in [0.15, 0.2) is 11.5 Å². The van der Waals surface area contributed by atoms with Crippen LogP contribution in [0.1, 0.15) is 38.7 Å². The van der Waals surface area contributed by atoms with Crippen molar-refractivity contribution in [3.05, 3.63) is 23.8 Å². The highest BCUT2D eigenvalue weighted by atomic mass is 16.5. The first-order chi connectivity index (χ1) is 12.1. The number of hydrogen-bond acceptors (Lipinski definition) is 5. The first-order valence-electron chi connectivity index (χ1n) is 8.57. The second kappa shape index (κ2) is 12.0. The molecule has 7 nitrogen and oxygen atoms in total. The highest BCUT2D eigenvalue weighted by Gasteiger charge is 2.08. The lowest BCUT2D eigenvalue weighted by Crippen LogP contribution is -2.30. The summed E-state index contributed by atoms with van der Waals surface area (Å²) >= 11 is 0. The average molecular weight is 352 g/mol. The molecule has 0 aliphatic rings. The van der Waals surface area contributed by atoms with Crippen molar-refractivity contribution in [2.75, 3.05) is 26.9 Å². The van der Waals surface area contributed by atoms with Crippen molar-refractivity contribution in [1.29, 1.82) is 0 Å². The van der Waals surface area contributed by atoms with Crippen LogP contribution in [-0.4, -0.2) is 38.9 Å². The molecule has 1 aromatic rings. The summed E-state index contributed by atoms with van der Waals surface area (Å²) in [6.45, 7) is 5.39. The SMILES string of the molecule is CCCCOc1ccc(CNC(=O)CCNC(=O)OCC)cc1OC. The van der Waals surface area contributed by atoms with Crippen LogP contribution in [0.25, 0.3) is 0 Å². The molecule has 0 bridgehead atoms. The number of amides is 2. The Hall–Kier alpha value is -2.44. The van der Waals surface area contributed by atoms with Gasteiger partial charge >= 0.3 is 6.09 Å². The van der Waals surface area contributed by atoms with Crippen LogP contribution < -0.4 is 20.1 Å². The van der Waals surface area contributed by atoms with Crippen molar-refractivity contribution in [3.63, 3.8) is 0 Å². The minimum absolute atomic E-state index is 0.154. The third-order valence-corrected chi connectivity index (χ3v) is 3.37. The lowest BCUT2D eigenvalue weighted by molar-refractivity contribution is -0.121. The predicted molar refractivity (Wildman–Crippen MR) is 94.9 cm³/mol. The maximum Gasteiger partial charge on any atom is 0.407 e. The number of methoxy groups -OCH3 is 1. The smallest absolute Gasteiger partial charge is 0.407 e. The van der Waals surface area contributed by atoms with Crippen molar-refractivity contribution in [3.8, 4) is 11.5 Å². The van der Waals surface area contributed by atoms with E-state index in [1.54, 1.807) is 14.0 Å². The Balaban J connectivity index is 2.40. The fourth-order valence-corrected chi connectivity index (χ4v) is 2.02. The Morgan fingerprint density at radius 2 is 1.92 bits per heavy atom. The molecule has 0 saturated carbocycles. The summed E-state index contributed by atoms with van der Waals surface area (Å²) in [6, 6.07) is 5.58. The van der Waals surface area contributed by atoms with Gasteiger partial charge in [-0.3, -0.25) is 4.79 Å². The Bertz CT molecular complexity index is 548. The number of nitrogens with one attached hydrogen (secondary N) is 2. The number of benzene rings is 1. The van der Waals surface area contributed by atoms with Gasteiger partial charge in [0, 0.05) is 19.5 Å². The van der Waals surface area contributed by atoms with Crippen LogP contribution in [0.5, 0.6) is 11.5 Å². The van der Waals surface area contributed by atoms with E-state index >= 15 is 0 Å². The Labute approximate surface area is 149 Å². The first kappa shape index (κ1) is 20.6. The second-order valence-electron chi connectivity index (χ2n) is 5.36. The Kier molecular flexibility index (Phi) is 9.89. The van der Waals surface area contributed by atoms with Crippen molar-refractivity contribution >= 4 is 12.0 Å². The topological polar surface area (TPSA) is 85.9 Å². The zero-order valence-corrected chi connectivity index (χ0v) is 15.2. The molecule has 0 aliphatic carbocycles. The number of alkyl carbamates (subject to hydrolysis) is 1. The second-order valence-corrected chi connectivity index (χ2v) is 5.36. The van der Waals surface area contributed by atoms with Gasteiger partial charge in [0.25, 0.3) is 0 Å². The molecule has 0 heterocycles. The molecule has 0 aromatic heterocycles. The predicted octanol–water partition coefficient (Wildman–Crippen LogP) is 2.63. The monoisotopic (exact) mass is 352 g/mol. The van der Waals surface area contributed by atoms with Gasteiger partial charge in [-0.1, -0.05) is 19.4 Å². The Morgan fingerprint density at radius 3 is 2.60 bits per heavy atom. The lowest BCUT2D eigenvalue weighted by atomic mass is 10.2. The van der Waals surface area contributed by atoms with E-state index in [0.717, 1.165) is 18.4 Å². The van der Waals surface area contributed by atoms with Crippen molar-refractivity contribution < 1.29 is 23.8 Å². The third-order valence-electron chi connectivity index (χ3n) is 3.37. The molecule has 0 fully saturated rings. The molecule has 0 spiro atoms. The molecule has 0 saturated heterocycles. The average Bonchev–Trinajstić information content (AvgIpc) is 2.61. The van der Waals surface area contributed by atoms with E-state index in [1.165, 1.54) is 0 Å². The molecule has 0 aliphatic heterocycles. The van der Waals surface area contributed by atoms with E-state index in [4.69, 9.17) is 14.2 Å². The lowest BCUT2D eigenvalue weighted by Gasteiger charge is -2.12. The van der Waals surface area contributed by atoms with Crippen molar-refractivity contribution in [1.82, 2.24) is 10.6 Å². The molecule has 0 radical (unpaired) electrons. The molecule has 25 heavy (non-hydrogen) atoms. The van der Waals surface area contributed by atoms with Crippen LogP contribution in [0, 0.1) is 0 Å². The summed E-state index contributed by atoms with van der Waals surface area (Å²) in [7, 11) is 1.59. The van der Waals surface area contributed by atoms with Crippen LogP contribution in [-0.2, 0) is 16.1 Å². The molecular weight excluding hydrogens is 324 g/mol. The number of hydrogen-bond donors (Lipinski definition) is 2. The van der Waals surface area contributed by atoms with Crippen molar-refractivity contribution in [2.24, 2.45) is 0 Å². The Morgan fingerprint density at radius 1 is 1.12 bits per heavy atom. The van der Waals surface area contributed by atoms with Gasteiger partial charge in [0.05, 0.1) is 20.3 Å². The number of unbranched alkanes of at least 4 members (excludes halogenated alkanes) is 1. The number of carbonyl (C=O) groups is 2. The van der Waals surface area contributed by atoms with Gasteiger partial charge in [-0.25, -0.2) is 4.79 Å². The van der Waals surface area contributed by atoms with E-state index < -0.39 is 6.09 Å². The maximum absolute atomic E-state index is 11.8. The minimum Gasteiger partial charge on any atom is -0.493 e. The molecule has 7 heteroatoms. The van der Waals surface area contributed by atoms with Gasteiger partial charge < -0.3 is 24.8 Å². The van der Waals surface area contributed by atoms with Crippen LogP contribution >= 0.6 is 0 Å². The molecule has 1 aromatic carbocycles. The van der Waals surface area contributed by atoms with Crippen LogP contribution in [0.15, 0.2) is 18.2 Å². The van der Waals surface area contributed by atoms with E-state index in [2.05, 4.69) is 17.6 Å². The van der Waals surface area contributed by atoms with Crippen LogP contribution in [0.4, 0.5) is 4.79 Å². The van der Waals surface area contributed by atoms with Gasteiger partial charge in [0.2, 0.25) is 5.91 Å². The molecule has 1 rings (SSSR count). The van der Waals surface area contributed by atoms with Gasteiger partial charge in [-0.2, -0.15) is 0 Å². The number of ether oxygens (including phenoxy) is 3. The van der Waals surface area contributed by atoms with E-state index in [-0.39, 0.29) is 18.9 Å². The fraction of sp³-hybridized carbons (Fsp3) is 0.556. The highest BCUT2D eigenvalue weighted by Crippen LogP contribution is 2.28. The number of rotatable bonds is 11. The minimum atomic E-state index is -0.515. The summed E-state index contributed by atoms with van der Waals surface area (Å²) in [5.41, 5.74) is 0.909. The zero-order chi connectivity index (χ0) is 18.5. The van der Waals surface area contributed by atoms with E-state index in [1.807, 2.05) is 18.2 Å². The highest BCUT2D eigenvalue weighted by molar-refractivity contribution is 5.77. The normalized spacial score (nSPS) is 10.0. The quantitative estimate of drug-likeness (QED) is 0.598. The third kappa shape index (κ3) is 8.28. The summed E-state index contributed by atoms with van der Waals surface area (Å²) < 4.78 is 15.7. The summed E-state index contributed by atoms with van der Waals surface area (Å²) in [5, 5.41) is 5.30. The summed E-state index contributed by atoms with van der Waals surface area (Å²) in [6.07, 6.45) is 1.73. The molecule has 0 unspecified atom stereocenters. The summed E-state index contributed by atoms with van der Waals surface area (Å²) in [5.74, 6) is 1.19. The van der Waals surface area contributed by atoms with E-state index in [9.17, 15) is 9.59 Å². The molecule has 2 N–H and O–H groups in total. The van der Waals surface area contributed by atoms with Crippen LogP contribution in [0.2, 0.25) is 0 Å². The van der Waals surface area contributed by atoms with Gasteiger partial charge in [0.1, 0.15) is 0 Å². The van der Waals surface area contributed by atoms with Gasteiger partial charge in [-0.05, 0) is 31.0 Å². The van der Waals surface area contributed by atoms with Crippen LogP contribution in [0.3, 0.4) is 0 Å². The summed E-state index contributed by atoms with van der Waals surface area (Å²) in [4.78, 5) is 22.9. The standard InChI is InChI=1S/C18H28N2O5/c1-4-6-11-25-15-8-7-14(12-16(15)23-3)13-20-17(21)9-10-19-18(22)24-5-2/h7-8,12H,4-6,9-11,13H2,1-3H3,(H,19,22)(H,20,21). The molecule has 0 atom stereocenters. The maximum atomic E-state index is 11.8. The molecular formula is C18H28N2O5. The molecule has 140 valence electrons. The van der Waals surface area contributed by atoms with Crippen molar-refractivity contribution in [2.45, 2.75) is 39.7 Å². The molecule has 2 amide bonds.